The van der Waals surface area contributed by atoms with E-state index in [1.807, 2.05) is 19.9 Å². The number of anilines is 1. The van der Waals surface area contributed by atoms with Gasteiger partial charge >= 0.3 is 0 Å². The summed E-state index contributed by atoms with van der Waals surface area (Å²) >= 11 is 0. The van der Waals surface area contributed by atoms with Crippen LogP contribution in [0.4, 0.5) is 5.82 Å². The standard InChI is InChI=1S/C13H16N4/c1-9-5-4-6-14-12(9)8-16-13-11(3)15-7-10(2)17-13/h4-7H,8H2,1-3H3,(H,16,17). The smallest absolute Gasteiger partial charge is 0.148 e. The molecule has 0 atom stereocenters. The summed E-state index contributed by atoms with van der Waals surface area (Å²) in [6, 6.07) is 4.00. The van der Waals surface area contributed by atoms with Crippen molar-refractivity contribution in [2.24, 2.45) is 0 Å². The van der Waals surface area contributed by atoms with Crippen LogP contribution in [-0.4, -0.2) is 15.0 Å². The fourth-order valence-electron chi connectivity index (χ4n) is 1.58. The molecule has 2 aromatic heterocycles. The van der Waals surface area contributed by atoms with E-state index in [1.165, 1.54) is 5.56 Å². The topological polar surface area (TPSA) is 50.7 Å². The molecule has 0 aliphatic rings. The van der Waals surface area contributed by atoms with Gasteiger partial charge in [0.05, 0.1) is 23.6 Å². The van der Waals surface area contributed by atoms with Crippen molar-refractivity contribution in [2.75, 3.05) is 5.32 Å². The molecule has 2 rings (SSSR count). The zero-order valence-electron chi connectivity index (χ0n) is 10.4. The van der Waals surface area contributed by atoms with Crippen LogP contribution in [-0.2, 0) is 6.54 Å². The maximum Gasteiger partial charge on any atom is 0.148 e. The number of rotatable bonds is 3. The predicted octanol–water partition coefficient (Wildman–Crippen LogP) is 2.41. The predicted molar refractivity (Wildman–Crippen MR) is 67.8 cm³/mol. The highest BCUT2D eigenvalue weighted by molar-refractivity contribution is 5.40. The van der Waals surface area contributed by atoms with Crippen molar-refractivity contribution in [2.45, 2.75) is 27.3 Å². The van der Waals surface area contributed by atoms with Crippen LogP contribution in [0.2, 0.25) is 0 Å². The Balaban J connectivity index is 2.12. The third-order valence-corrected chi connectivity index (χ3v) is 2.62. The Morgan fingerprint density at radius 3 is 2.76 bits per heavy atom. The summed E-state index contributed by atoms with van der Waals surface area (Å²) in [6.07, 6.45) is 3.57. The second-order valence-electron chi connectivity index (χ2n) is 4.07. The quantitative estimate of drug-likeness (QED) is 0.876. The lowest BCUT2D eigenvalue weighted by Crippen LogP contribution is -2.07. The molecule has 0 aliphatic heterocycles. The minimum atomic E-state index is 0.672. The molecule has 2 heterocycles. The molecule has 0 amide bonds. The van der Waals surface area contributed by atoms with Crippen LogP contribution in [0.25, 0.3) is 0 Å². The van der Waals surface area contributed by atoms with Crippen molar-refractivity contribution in [3.63, 3.8) is 0 Å². The molecule has 1 N–H and O–H groups in total. The molecule has 0 radical (unpaired) electrons. The Morgan fingerprint density at radius 1 is 1.18 bits per heavy atom. The van der Waals surface area contributed by atoms with Crippen molar-refractivity contribution in [1.29, 1.82) is 0 Å². The lowest BCUT2D eigenvalue weighted by Gasteiger charge is -2.09. The molecule has 4 nitrogen and oxygen atoms in total. The van der Waals surface area contributed by atoms with Gasteiger partial charge in [0.2, 0.25) is 0 Å². The molecule has 0 spiro atoms. The Bertz CT molecular complexity index is 523. The number of aromatic nitrogens is 3. The molecule has 0 fully saturated rings. The van der Waals surface area contributed by atoms with Crippen LogP contribution < -0.4 is 5.32 Å². The number of nitrogens with one attached hydrogen (secondary N) is 1. The first kappa shape index (κ1) is 11.5. The van der Waals surface area contributed by atoms with Gasteiger partial charge in [-0.15, -0.1) is 0 Å². The van der Waals surface area contributed by atoms with E-state index in [9.17, 15) is 0 Å². The largest absolute Gasteiger partial charge is 0.363 e. The van der Waals surface area contributed by atoms with Gasteiger partial charge in [0, 0.05) is 12.4 Å². The number of hydrogen-bond acceptors (Lipinski definition) is 4. The van der Waals surface area contributed by atoms with Gasteiger partial charge in [-0.2, -0.15) is 0 Å². The van der Waals surface area contributed by atoms with Crippen LogP contribution in [0.1, 0.15) is 22.6 Å². The van der Waals surface area contributed by atoms with Crippen LogP contribution in [0, 0.1) is 20.8 Å². The van der Waals surface area contributed by atoms with Gasteiger partial charge in [-0.25, -0.2) is 4.98 Å². The van der Waals surface area contributed by atoms with Crippen molar-refractivity contribution < 1.29 is 0 Å². The van der Waals surface area contributed by atoms with E-state index in [1.54, 1.807) is 12.4 Å². The number of hydrogen-bond donors (Lipinski definition) is 1. The monoisotopic (exact) mass is 228 g/mol. The maximum absolute atomic E-state index is 4.42. The van der Waals surface area contributed by atoms with Crippen molar-refractivity contribution in [3.8, 4) is 0 Å². The zero-order chi connectivity index (χ0) is 12.3. The highest BCUT2D eigenvalue weighted by Crippen LogP contribution is 2.11. The molecule has 0 aliphatic carbocycles. The molecule has 88 valence electrons. The molecule has 4 heteroatoms. The fraction of sp³-hybridized carbons (Fsp3) is 0.308. The molecule has 0 saturated heterocycles. The Labute approximate surface area is 101 Å². The Kier molecular flexibility index (Phi) is 3.32. The first-order chi connectivity index (χ1) is 8.16. The molecule has 17 heavy (non-hydrogen) atoms. The van der Waals surface area contributed by atoms with Gasteiger partial charge in [-0.05, 0) is 32.4 Å². The number of pyridine rings is 1. The molecule has 0 unspecified atom stereocenters. The normalized spacial score (nSPS) is 10.3. The summed E-state index contributed by atoms with van der Waals surface area (Å²) in [6.45, 7) is 6.61. The number of aryl methyl sites for hydroxylation is 3. The second-order valence-corrected chi connectivity index (χ2v) is 4.07. The van der Waals surface area contributed by atoms with E-state index in [-0.39, 0.29) is 0 Å². The minimum absolute atomic E-state index is 0.672. The Morgan fingerprint density at radius 2 is 2.00 bits per heavy atom. The van der Waals surface area contributed by atoms with E-state index in [0.717, 1.165) is 22.9 Å². The summed E-state index contributed by atoms with van der Waals surface area (Å²) in [7, 11) is 0. The van der Waals surface area contributed by atoms with Crippen molar-refractivity contribution in [3.05, 3.63) is 47.2 Å². The van der Waals surface area contributed by atoms with Gasteiger partial charge in [0.1, 0.15) is 5.82 Å². The molecule has 0 saturated carbocycles. The highest BCUT2D eigenvalue weighted by atomic mass is 15.0. The van der Waals surface area contributed by atoms with Gasteiger partial charge in [-0.1, -0.05) is 6.07 Å². The SMILES string of the molecule is Cc1cnc(C)c(NCc2ncccc2C)n1. The average molecular weight is 228 g/mol. The fourth-order valence-corrected chi connectivity index (χ4v) is 1.58. The van der Waals surface area contributed by atoms with Crippen LogP contribution in [0.5, 0.6) is 0 Å². The summed E-state index contributed by atoms with van der Waals surface area (Å²) in [5.74, 6) is 0.829. The van der Waals surface area contributed by atoms with Crippen LogP contribution >= 0.6 is 0 Å². The lowest BCUT2D eigenvalue weighted by molar-refractivity contribution is 0.975. The molecule has 0 bridgehead atoms. The third kappa shape index (κ3) is 2.78. The van der Waals surface area contributed by atoms with E-state index < -0.39 is 0 Å². The van der Waals surface area contributed by atoms with Crippen molar-refractivity contribution in [1.82, 2.24) is 15.0 Å². The second kappa shape index (κ2) is 4.91. The average Bonchev–Trinajstić information content (AvgIpc) is 2.32. The first-order valence-electron chi connectivity index (χ1n) is 5.61. The van der Waals surface area contributed by atoms with Gasteiger partial charge in [0.25, 0.3) is 0 Å². The Hall–Kier alpha value is -1.97. The van der Waals surface area contributed by atoms with E-state index in [0.29, 0.717) is 6.54 Å². The lowest BCUT2D eigenvalue weighted by atomic mass is 10.2. The molecule has 0 aromatic carbocycles. The highest BCUT2D eigenvalue weighted by Gasteiger charge is 2.03. The maximum atomic E-state index is 4.42. The van der Waals surface area contributed by atoms with Gasteiger partial charge in [-0.3, -0.25) is 9.97 Å². The molecule has 2 aromatic rings. The summed E-state index contributed by atoms with van der Waals surface area (Å²) in [5.41, 5.74) is 4.04. The first-order valence-corrected chi connectivity index (χ1v) is 5.61. The van der Waals surface area contributed by atoms with E-state index in [2.05, 4.69) is 33.3 Å². The van der Waals surface area contributed by atoms with Crippen molar-refractivity contribution >= 4 is 5.82 Å². The summed E-state index contributed by atoms with van der Waals surface area (Å²) in [5, 5.41) is 3.27. The minimum Gasteiger partial charge on any atom is -0.363 e. The number of nitrogens with zero attached hydrogens (tertiary/aromatic N) is 3. The third-order valence-electron chi connectivity index (χ3n) is 2.62. The van der Waals surface area contributed by atoms with E-state index >= 15 is 0 Å². The molecular weight excluding hydrogens is 212 g/mol. The van der Waals surface area contributed by atoms with Gasteiger partial charge in [0.15, 0.2) is 0 Å². The van der Waals surface area contributed by atoms with Crippen LogP contribution in [0.15, 0.2) is 24.5 Å². The van der Waals surface area contributed by atoms with Crippen LogP contribution in [0.3, 0.4) is 0 Å². The van der Waals surface area contributed by atoms with E-state index in [4.69, 9.17) is 0 Å². The summed E-state index contributed by atoms with van der Waals surface area (Å²) < 4.78 is 0. The zero-order valence-corrected chi connectivity index (χ0v) is 10.4. The molecular formula is C13H16N4. The summed E-state index contributed by atoms with van der Waals surface area (Å²) in [4.78, 5) is 13.0. The van der Waals surface area contributed by atoms with Gasteiger partial charge < -0.3 is 5.32 Å².